The number of hydrogen-bond donors (Lipinski definition) is 1. The van der Waals surface area contributed by atoms with Gasteiger partial charge in [-0.2, -0.15) is 0 Å². The van der Waals surface area contributed by atoms with Gasteiger partial charge in [-0.15, -0.1) is 22.7 Å². The van der Waals surface area contributed by atoms with Crippen molar-refractivity contribution in [3.8, 4) is 0 Å². The number of esters is 1. The third-order valence-corrected chi connectivity index (χ3v) is 6.12. The number of aryl methyl sites for hydroxylation is 3. The predicted molar refractivity (Wildman–Crippen MR) is 103 cm³/mol. The van der Waals surface area contributed by atoms with Crippen LogP contribution in [0.25, 0.3) is 10.2 Å². The number of amides is 1. The number of methoxy groups -OCH3 is 1. The second-order valence-corrected chi connectivity index (χ2v) is 7.87. The maximum Gasteiger partial charge on any atom is 0.340 e. The first-order valence-electron chi connectivity index (χ1n) is 7.86. The molecular formula is C17H17N3O4S2. The van der Waals surface area contributed by atoms with Crippen molar-refractivity contribution >= 4 is 49.8 Å². The summed E-state index contributed by atoms with van der Waals surface area (Å²) in [5, 5.41) is 3.65. The van der Waals surface area contributed by atoms with Gasteiger partial charge in [0.2, 0.25) is 0 Å². The third kappa shape index (κ3) is 3.04. The van der Waals surface area contributed by atoms with Gasteiger partial charge in [0.1, 0.15) is 9.83 Å². The van der Waals surface area contributed by atoms with Crippen LogP contribution in [0.2, 0.25) is 0 Å². The number of nitrogens with one attached hydrogen (secondary N) is 1. The molecular weight excluding hydrogens is 374 g/mol. The first-order chi connectivity index (χ1) is 12.4. The van der Waals surface area contributed by atoms with Crippen LogP contribution >= 0.6 is 22.7 Å². The number of nitrogens with zero attached hydrogens (tertiary/aromatic N) is 2. The number of ether oxygens (including phenoxy) is 1. The summed E-state index contributed by atoms with van der Waals surface area (Å²) >= 11 is 2.46. The molecule has 26 heavy (non-hydrogen) atoms. The second kappa shape index (κ2) is 7.00. The fourth-order valence-corrected chi connectivity index (χ4v) is 4.56. The predicted octanol–water partition coefficient (Wildman–Crippen LogP) is 3.20. The van der Waals surface area contributed by atoms with Crippen LogP contribution in [0.1, 0.15) is 37.4 Å². The minimum Gasteiger partial charge on any atom is -0.465 e. The van der Waals surface area contributed by atoms with Crippen molar-refractivity contribution in [2.75, 3.05) is 12.4 Å². The molecule has 1 N–H and O–H groups in total. The van der Waals surface area contributed by atoms with E-state index >= 15 is 0 Å². The van der Waals surface area contributed by atoms with Crippen LogP contribution in [0.3, 0.4) is 0 Å². The molecule has 3 aromatic rings. The molecule has 7 nitrogen and oxygen atoms in total. The molecule has 3 rings (SSSR count). The van der Waals surface area contributed by atoms with Gasteiger partial charge in [-0.3, -0.25) is 14.2 Å². The molecule has 0 radical (unpaired) electrons. The van der Waals surface area contributed by atoms with Gasteiger partial charge in [-0.05, 0) is 32.4 Å². The fraction of sp³-hybridized carbons (Fsp3) is 0.294. The zero-order valence-electron chi connectivity index (χ0n) is 14.7. The lowest BCUT2D eigenvalue weighted by Gasteiger charge is -2.04. The van der Waals surface area contributed by atoms with Gasteiger partial charge in [-0.1, -0.05) is 0 Å². The van der Waals surface area contributed by atoms with Gasteiger partial charge in [0.15, 0.2) is 0 Å². The number of anilines is 1. The Morgan fingerprint density at radius 3 is 2.69 bits per heavy atom. The Balaban J connectivity index is 2.02. The number of hydrogen-bond acceptors (Lipinski definition) is 7. The average molecular weight is 391 g/mol. The first kappa shape index (κ1) is 18.3. The second-order valence-electron chi connectivity index (χ2n) is 5.62. The maximum atomic E-state index is 12.8. The smallest absolute Gasteiger partial charge is 0.340 e. The summed E-state index contributed by atoms with van der Waals surface area (Å²) in [6.07, 6.45) is 1.49. The summed E-state index contributed by atoms with van der Waals surface area (Å²) in [6, 6.07) is 1.67. The standard InChI is InChI=1S/C17H17N3O4S2/c1-5-20-7-18-15-11(16(20)22)9(3)12(26-15)13(21)19-14-10(17(23)24-4)6-8(2)25-14/h6-7H,5H2,1-4H3,(H,19,21). The van der Waals surface area contributed by atoms with E-state index in [0.29, 0.717) is 37.8 Å². The van der Waals surface area contributed by atoms with Gasteiger partial charge >= 0.3 is 5.97 Å². The van der Waals surface area contributed by atoms with Crippen LogP contribution in [0.5, 0.6) is 0 Å². The fourth-order valence-electron chi connectivity index (χ4n) is 2.63. The average Bonchev–Trinajstić information content (AvgIpc) is 3.15. The highest BCUT2D eigenvalue weighted by Crippen LogP contribution is 2.31. The Morgan fingerprint density at radius 2 is 2.04 bits per heavy atom. The molecule has 0 aromatic carbocycles. The summed E-state index contributed by atoms with van der Waals surface area (Å²) in [6.45, 7) is 5.94. The summed E-state index contributed by atoms with van der Waals surface area (Å²) in [5.74, 6) is -0.884. The van der Waals surface area contributed by atoms with Crippen LogP contribution in [0.15, 0.2) is 17.2 Å². The lowest BCUT2D eigenvalue weighted by molar-refractivity contribution is 0.0602. The minimum atomic E-state index is -0.509. The number of fused-ring (bicyclic) bond motifs is 1. The number of carbonyl (C=O) groups excluding carboxylic acids is 2. The van der Waals surface area contributed by atoms with Crippen molar-refractivity contribution in [3.63, 3.8) is 0 Å². The molecule has 0 atom stereocenters. The number of aromatic nitrogens is 2. The van der Waals surface area contributed by atoms with Crippen molar-refractivity contribution in [1.29, 1.82) is 0 Å². The van der Waals surface area contributed by atoms with E-state index in [1.165, 1.54) is 29.3 Å². The SMILES string of the molecule is CCn1cnc2sc(C(=O)Nc3sc(C)cc3C(=O)OC)c(C)c2c1=O. The van der Waals surface area contributed by atoms with Crippen LogP contribution in [0, 0.1) is 13.8 Å². The van der Waals surface area contributed by atoms with Crippen LogP contribution in [-0.4, -0.2) is 28.5 Å². The highest BCUT2D eigenvalue weighted by atomic mass is 32.1. The molecule has 0 unspecified atom stereocenters. The minimum absolute atomic E-state index is 0.160. The Labute approximate surface area is 157 Å². The lowest BCUT2D eigenvalue weighted by Crippen LogP contribution is -2.19. The third-order valence-electron chi connectivity index (χ3n) is 3.95. The summed E-state index contributed by atoms with van der Waals surface area (Å²) in [5.41, 5.74) is 0.747. The molecule has 0 bridgehead atoms. The number of thiophene rings is 2. The van der Waals surface area contributed by atoms with Crippen molar-refractivity contribution < 1.29 is 14.3 Å². The molecule has 3 aromatic heterocycles. The van der Waals surface area contributed by atoms with Crippen molar-refractivity contribution in [2.24, 2.45) is 0 Å². The molecule has 9 heteroatoms. The van der Waals surface area contributed by atoms with E-state index in [0.717, 1.165) is 16.2 Å². The highest BCUT2D eigenvalue weighted by molar-refractivity contribution is 7.21. The van der Waals surface area contributed by atoms with E-state index in [2.05, 4.69) is 10.3 Å². The van der Waals surface area contributed by atoms with Gasteiger partial charge in [0.05, 0.1) is 29.3 Å². The van der Waals surface area contributed by atoms with Gasteiger partial charge < -0.3 is 10.1 Å². The molecule has 0 fully saturated rings. The number of carbonyl (C=O) groups is 2. The lowest BCUT2D eigenvalue weighted by atomic mass is 10.2. The largest absolute Gasteiger partial charge is 0.465 e. The molecule has 0 saturated carbocycles. The summed E-state index contributed by atoms with van der Waals surface area (Å²) in [4.78, 5) is 43.2. The maximum absolute atomic E-state index is 12.8. The van der Waals surface area contributed by atoms with E-state index in [9.17, 15) is 14.4 Å². The van der Waals surface area contributed by atoms with E-state index in [4.69, 9.17) is 4.74 Å². The molecule has 0 aliphatic heterocycles. The monoisotopic (exact) mass is 391 g/mol. The van der Waals surface area contributed by atoms with E-state index in [-0.39, 0.29) is 11.5 Å². The van der Waals surface area contributed by atoms with Crippen LogP contribution < -0.4 is 10.9 Å². The van der Waals surface area contributed by atoms with Crippen molar-refractivity contribution in [3.05, 3.63) is 43.6 Å². The van der Waals surface area contributed by atoms with E-state index in [1.807, 2.05) is 13.8 Å². The first-order valence-corrected chi connectivity index (χ1v) is 9.49. The normalized spacial score (nSPS) is 10.9. The highest BCUT2D eigenvalue weighted by Gasteiger charge is 2.22. The molecule has 0 saturated heterocycles. The molecule has 3 heterocycles. The summed E-state index contributed by atoms with van der Waals surface area (Å²) < 4.78 is 6.26. The molecule has 0 aliphatic rings. The summed E-state index contributed by atoms with van der Waals surface area (Å²) in [7, 11) is 1.29. The molecule has 1 amide bonds. The molecule has 136 valence electrons. The van der Waals surface area contributed by atoms with Crippen LogP contribution in [-0.2, 0) is 11.3 Å². The Kier molecular flexibility index (Phi) is 4.92. The van der Waals surface area contributed by atoms with Gasteiger partial charge in [-0.25, -0.2) is 9.78 Å². The Hall–Kier alpha value is -2.52. The number of rotatable bonds is 4. The van der Waals surface area contributed by atoms with Crippen LogP contribution in [0.4, 0.5) is 5.00 Å². The van der Waals surface area contributed by atoms with E-state index in [1.54, 1.807) is 13.0 Å². The zero-order valence-corrected chi connectivity index (χ0v) is 16.3. The van der Waals surface area contributed by atoms with Gasteiger partial charge in [0.25, 0.3) is 11.5 Å². The Bertz CT molecular complexity index is 1080. The zero-order chi connectivity index (χ0) is 19.0. The quantitative estimate of drug-likeness (QED) is 0.690. The molecule has 0 spiro atoms. The topological polar surface area (TPSA) is 90.3 Å². The van der Waals surface area contributed by atoms with E-state index < -0.39 is 5.97 Å². The van der Waals surface area contributed by atoms with Gasteiger partial charge in [0, 0.05) is 11.4 Å². The molecule has 0 aliphatic carbocycles. The van der Waals surface area contributed by atoms with Crippen molar-refractivity contribution in [2.45, 2.75) is 27.3 Å². The Morgan fingerprint density at radius 1 is 1.31 bits per heavy atom. The van der Waals surface area contributed by atoms with Crippen molar-refractivity contribution in [1.82, 2.24) is 9.55 Å².